The molecule has 0 aromatic rings. The van der Waals surface area contributed by atoms with Gasteiger partial charge < -0.3 is 9.68 Å². The van der Waals surface area contributed by atoms with Gasteiger partial charge in [-0.25, -0.2) is 4.39 Å². The van der Waals surface area contributed by atoms with E-state index < -0.39 is 7.12 Å². The zero-order valence-electron chi connectivity index (χ0n) is 6.80. The van der Waals surface area contributed by atoms with Gasteiger partial charge in [0.05, 0.1) is 5.83 Å². The van der Waals surface area contributed by atoms with Crippen LogP contribution in [0.2, 0.25) is 0 Å². The van der Waals surface area contributed by atoms with E-state index in [-0.39, 0.29) is 11.3 Å². The summed E-state index contributed by atoms with van der Waals surface area (Å²) in [6, 6.07) is 0. The molecule has 4 heteroatoms. The van der Waals surface area contributed by atoms with E-state index in [0.717, 1.165) is 0 Å². The van der Waals surface area contributed by atoms with Crippen LogP contribution in [0.3, 0.4) is 0 Å². The molecule has 0 radical (unpaired) electrons. The molecule has 0 aliphatic carbocycles. The van der Waals surface area contributed by atoms with E-state index in [0.29, 0.717) is 6.42 Å². The van der Waals surface area contributed by atoms with Crippen LogP contribution in [0.25, 0.3) is 0 Å². The Balaban J connectivity index is 4.05. The normalized spacial score (nSPS) is 11.5. The lowest BCUT2D eigenvalue weighted by Gasteiger charge is -2.01. The Morgan fingerprint density at radius 3 is 2.73 bits per heavy atom. The van der Waals surface area contributed by atoms with Crippen molar-refractivity contribution < 1.29 is 14.1 Å². The third kappa shape index (κ3) is 3.96. The summed E-state index contributed by atoms with van der Waals surface area (Å²) in [4.78, 5) is 0. The van der Waals surface area contributed by atoms with Gasteiger partial charge in [0.15, 0.2) is 0 Å². The standard InChI is InChI=1S/C7H12BFO2/c1-4-7(9)5-6(2)8(10)11-3/h5,10H,2,4H2,1,3H3/b7-5+. The zero-order chi connectivity index (χ0) is 8.85. The Kier molecular flexibility index (Phi) is 4.82. The number of halogens is 1. The van der Waals surface area contributed by atoms with Gasteiger partial charge in [-0.2, -0.15) is 0 Å². The van der Waals surface area contributed by atoms with Crippen LogP contribution in [0.5, 0.6) is 0 Å². The van der Waals surface area contributed by atoms with Crippen molar-refractivity contribution in [3.8, 4) is 0 Å². The summed E-state index contributed by atoms with van der Waals surface area (Å²) in [5.41, 5.74) is 0.229. The maximum Gasteiger partial charge on any atom is 0.490 e. The highest BCUT2D eigenvalue weighted by Crippen LogP contribution is 2.07. The molecular weight excluding hydrogens is 146 g/mol. The number of rotatable bonds is 4. The van der Waals surface area contributed by atoms with Crippen LogP contribution in [0.1, 0.15) is 13.3 Å². The first kappa shape index (κ1) is 10.4. The highest BCUT2D eigenvalue weighted by molar-refractivity contribution is 6.53. The monoisotopic (exact) mass is 158 g/mol. The first-order valence-electron chi connectivity index (χ1n) is 3.37. The molecule has 0 saturated carbocycles. The topological polar surface area (TPSA) is 29.5 Å². The number of allylic oxidation sites excluding steroid dienone is 3. The van der Waals surface area contributed by atoms with Crippen LogP contribution in [-0.4, -0.2) is 19.3 Å². The van der Waals surface area contributed by atoms with Gasteiger partial charge in [0.25, 0.3) is 0 Å². The highest BCUT2D eigenvalue weighted by Gasteiger charge is 2.13. The van der Waals surface area contributed by atoms with E-state index in [1.165, 1.54) is 13.2 Å². The molecule has 0 unspecified atom stereocenters. The molecule has 0 atom stereocenters. The number of hydrogen-bond acceptors (Lipinski definition) is 2. The largest absolute Gasteiger partial charge is 0.490 e. The van der Waals surface area contributed by atoms with Crippen molar-refractivity contribution in [2.75, 3.05) is 7.11 Å². The summed E-state index contributed by atoms with van der Waals surface area (Å²) < 4.78 is 17.0. The number of hydrogen-bond donors (Lipinski definition) is 1. The van der Waals surface area contributed by atoms with Gasteiger partial charge in [-0.05, 0) is 18.0 Å². The van der Waals surface area contributed by atoms with Crippen LogP contribution in [0.4, 0.5) is 4.39 Å². The smallest absolute Gasteiger partial charge is 0.423 e. The van der Waals surface area contributed by atoms with Gasteiger partial charge in [0.2, 0.25) is 0 Å². The van der Waals surface area contributed by atoms with E-state index in [1.54, 1.807) is 6.92 Å². The van der Waals surface area contributed by atoms with E-state index in [9.17, 15) is 4.39 Å². The van der Waals surface area contributed by atoms with Crippen LogP contribution in [0, 0.1) is 0 Å². The predicted octanol–water partition coefficient (Wildman–Crippen LogP) is 1.47. The highest BCUT2D eigenvalue weighted by atomic mass is 19.1. The molecule has 0 bridgehead atoms. The Bertz CT molecular complexity index is 168. The predicted molar refractivity (Wildman–Crippen MR) is 43.6 cm³/mol. The quantitative estimate of drug-likeness (QED) is 0.495. The van der Waals surface area contributed by atoms with Crippen molar-refractivity contribution in [3.05, 3.63) is 24.0 Å². The second-order valence-corrected chi connectivity index (χ2v) is 2.11. The van der Waals surface area contributed by atoms with Crippen LogP contribution >= 0.6 is 0 Å². The van der Waals surface area contributed by atoms with Crippen molar-refractivity contribution in [1.29, 1.82) is 0 Å². The van der Waals surface area contributed by atoms with Gasteiger partial charge >= 0.3 is 7.12 Å². The lowest BCUT2D eigenvalue weighted by atomic mass is 9.79. The summed E-state index contributed by atoms with van der Waals surface area (Å²) in [5.74, 6) is -0.314. The van der Waals surface area contributed by atoms with Gasteiger partial charge in [-0.15, -0.1) is 0 Å². The average molecular weight is 158 g/mol. The first-order valence-corrected chi connectivity index (χ1v) is 3.37. The summed E-state index contributed by atoms with van der Waals surface area (Å²) in [5, 5.41) is 8.94. The second kappa shape index (κ2) is 5.10. The summed E-state index contributed by atoms with van der Waals surface area (Å²) >= 11 is 0. The Morgan fingerprint density at radius 1 is 1.82 bits per heavy atom. The van der Waals surface area contributed by atoms with E-state index in [4.69, 9.17) is 5.02 Å². The van der Waals surface area contributed by atoms with Gasteiger partial charge in [-0.3, -0.25) is 0 Å². The molecule has 0 aromatic heterocycles. The fourth-order valence-electron chi connectivity index (χ4n) is 0.526. The Hall–Kier alpha value is -0.605. The summed E-state index contributed by atoms with van der Waals surface area (Å²) in [6.45, 7) is 5.10. The molecule has 0 heterocycles. The van der Waals surface area contributed by atoms with Crippen LogP contribution in [0.15, 0.2) is 24.0 Å². The molecule has 2 nitrogen and oxygen atoms in total. The fraction of sp³-hybridized carbons (Fsp3) is 0.429. The van der Waals surface area contributed by atoms with E-state index in [1.807, 2.05) is 0 Å². The maximum absolute atomic E-state index is 12.5. The van der Waals surface area contributed by atoms with Crippen LogP contribution in [-0.2, 0) is 4.65 Å². The van der Waals surface area contributed by atoms with Gasteiger partial charge in [-0.1, -0.05) is 13.5 Å². The average Bonchev–Trinajstić information content (AvgIpc) is 2.02. The molecule has 11 heavy (non-hydrogen) atoms. The minimum absolute atomic E-state index is 0.229. The molecule has 0 amide bonds. The van der Waals surface area contributed by atoms with Crippen molar-refractivity contribution in [2.45, 2.75) is 13.3 Å². The van der Waals surface area contributed by atoms with Gasteiger partial charge in [0.1, 0.15) is 0 Å². The van der Waals surface area contributed by atoms with Crippen molar-refractivity contribution in [3.63, 3.8) is 0 Å². The molecule has 0 aliphatic heterocycles. The molecule has 0 aliphatic rings. The minimum atomic E-state index is -1.10. The molecular formula is C7H12BFO2. The molecule has 0 fully saturated rings. The van der Waals surface area contributed by atoms with Crippen molar-refractivity contribution in [1.82, 2.24) is 0 Å². The van der Waals surface area contributed by atoms with Crippen LogP contribution < -0.4 is 0 Å². The Morgan fingerprint density at radius 2 is 2.36 bits per heavy atom. The van der Waals surface area contributed by atoms with E-state index in [2.05, 4.69) is 11.2 Å². The summed E-state index contributed by atoms with van der Waals surface area (Å²) in [7, 11) is 0.223. The van der Waals surface area contributed by atoms with Crippen molar-refractivity contribution >= 4 is 7.12 Å². The minimum Gasteiger partial charge on any atom is -0.423 e. The lowest BCUT2D eigenvalue weighted by molar-refractivity contribution is 0.337. The SMILES string of the molecule is C=C(/C=C(/F)CC)B(O)OC. The lowest BCUT2D eigenvalue weighted by Crippen LogP contribution is -2.17. The first-order chi connectivity index (χ1) is 5.11. The summed E-state index contributed by atoms with van der Waals surface area (Å²) in [6.07, 6.45) is 1.48. The Labute approximate surface area is 66.5 Å². The zero-order valence-corrected chi connectivity index (χ0v) is 6.80. The maximum atomic E-state index is 12.5. The second-order valence-electron chi connectivity index (χ2n) is 2.11. The third-order valence-corrected chi connectivity index (χ3v) is 1.22. The van der Waals surface area contributed by atoms with Gasteiger partial charge in [0, 0.05) is 7.11 Å². The molecule has 0 aromatic carbocycles. The molecule has 1 N–H and O–H groups in total. The molecule has 0 spiro atoms. The van der Waals surface area contributed by atoms with E-state index >= 15 is 0 Å². The fourth-order valence-corrected chi connectivity index (χ4v) is 0.526. The third-order valence-electron chi connectivity index (χ3n) is 1.22. The molecule has 62 valence electrons. The molecule has 0 saturated heterocycles. The molecule has 0 rings (SSSR count). The van der Waals surface area contributed by atoms with Crippen molar-refractivity contribution in [2.24, 2.45) is 0 Å².